The molecule has 0 saturated heterocycles. The van der Waals surface area contributed by atoms with Crippen molar-refractivity contribution in [3.63, 3.8) is 0 Å². The smallest absolute Gasteiger partial charge is 0.0877 e. The lowest BCUT2D eigenvalue weighted by Gasteiger charge is -2.25. The van der Waals surface area contributed by atoms with Crippen LogP contribution in [0.15, 0.2) is 18.2 Å². The summed E-state index contributed by atoms with van der Waals surface area (Å²) in [4.78, 5) is 0. The maximum absolute atomic E-state index is 10.4. The van der Waals surface area contributed by atoms with Crippen LogP contribution in [-0.4, -0.2) is 5.11 Å². The fourth-order valence-electron chi connectivity index (χ4n) is 2.53. The van der Waals surface area contributed by atoms with Crippen LogP contribution in [0, 0.1) is 12.3 Å². The number of terminal acetylenes is 1. The van der Waals surface area contributed by atoms with Gasteiger partial charge in [0.25, 0.3) is 0 Å². The van der Waals surface area contributed by atoms with Crippen molar-refractivity contribution in [1.82, 2.24) is 0 Å². The van der Waals surface area contributed by atoms with Gasteiger partial charge in [-0.1, -0.05) is 18.2 Å². The van der Waals surface area contributed by atoms with E-state index in [2.05, 4.69) is 24.1 Å². The molecule has 0 spiro atoms. The SMILES string of the molecule is C#CCCC(C)(O)c1ccc2c(c1)CCCC2. The Labute approximate surface area is 104 Å². The molecule has 1 nitrogen and oxygen atoms in total. The molecule has 0 amide bonds. The first kappa shape index (κ1) is 12.2. The standard InChI is InChI=1S/C16H20O/c1-3-4-11-16(2,17)15-10-9-13-7-5-6-8-14(13)12-15/h1,9-10,12,17H,4-8,11H2,2H3. The number of hydrogen-bond donors (Lipinski definition) is 1. The highest BCUT2D eigenvalue weighted by atomic mass is 16.3. The molecular formula is C16H20O. The van der Waals surface area contributed by atoms with Gasteiger partial charge in [0.2, 0.25) is 0 Å². The summed E-state index contributed by atoms with van der Waals surface area (Å²) in [6.45, 7) is 1.86. The summed E-state index contributed by atoms with van der Waals surface area (Å²) in [6, 6.07) is 6.40. The van der Waals surface area contributed by atoms with Gasteiger partial charge in [-0.25, -0.2) is 0 Å². The molecule has 1 aliphatic rings. The van der Waals surface area contributed by atoms with Gasteiger partial charge in [-0.05, 0) is 55.7 Å². The zero-order valence-corrected chi connectivity index (χ0v) is 10.5. The highest BCUT2D eigenvalue weighted by Crippen LogP contribution is 2.30. The van der Waals surface area contributed by atoms with E-state index in [0.717, 1.165) is 12.0 Å². The van der Waals surface area contributed by atoms with E-state index >= 15 is 0 Å². The van der Waals surface area contributed by atoms with Crippen molar-refractivity contribution in [2.75, 3.05) is 0 Å². The number of rotatable bonds is 3. The second kappa shape index (κ2) is 4.94. The lowest BCUT2D eigenvalue weighted by atomic mass is 9.85. The Morgan fingerprint density at radius 3 is 2.71 bits per heavy atom. The van der Waals surface area contributed by atoms with Crippen LogP contribution in [0.1, 0.15) is 49.3 Å². The van der Waals surface area contributed by atoms with E-state index in [4.69, 9.17) is 6.42 Å². The Hall–Kier alpha value is -1.26. The maximum Gasteiger partial charge on any atom is 0.0877 e. The van der Waals surface area contributed by atoms with Gasteiger partial charge in [-0.3, -0.25) is 0 Å². The van der Waals surface area contributed by atoms with Gasteiger partial charge in [0, 0.05) is 6.42 Å². The molecule has 0 saturated carbocycles. The van der Waals surface area contributed by atoms with Crippen molar-refractivity contribution >= 4 is 0 Å². The van der Waals surface area contributed by atoms with Gasteiger partial charge in [0.15, 0.2) is 0 Å². The monoisotopic (exact) mass is 228 g/mol. The summed E-state index contributed by atoms with van der Waals surface area (Å²) in [5, 5.41) is 10.4. The normalized spacial score (nSPS) is 17.9. The largest absolute Gasteiger partial charge is 0.385 e. The van der Waals surface area contributed by atoms with Crippen LogP contribution in [-0.2, 0) is 18.4 Å². The number of aryl methyl sites for hydroxylation is 2. The van der Waals surface area contributed by atoms with Crippen LogP contribution < -0.4 is 0 Å². The molecule has 0 bridgehead atoms. The minimum atomic E-state index is -0.793. The maximum atomic E-state index is 10.4. The van der Waals surface area contributed by atoms with Crippen LogP contribution in [0.3, 0.4) is 0 Å². The minimum absolute atomic E-state index is 0.615. The third kappa shape index (κ3) is 2.70. The van der Waals surface area contributed by atoms with E-state index in [1.807, 2.05) is 6.92 Å². The van der Waals surface area contributed by atoms with E-state index in [0.29, 0.717) is 12.8 Å². The van der Waals surface area contributed by atoms with Crippen LogP contribution in [0.2, 0.25) is 0 Å². The molecule has 0 heterocycles. The zero-order valence-electron chi connectivity index (χ0n) is 10.5. The summed E-state index contributed by atoms with van der Waals surface area (Å²) in [5.74, 6) is 2.60. The van der Waals surface area contributed by atoms with Crippen LogP contribution >= 0.6 is 0 Å². The summed E-state index contributed by atoms with van der Waals surface area (Å²) in [7, 11) is 0. The van der Waals surface area contributed by atoms with Crippen molar-refractivity contribution in [3.8, 4) is 12.3 Å². The molecule has 1 atom stereocenters. The molecular weight excluding hydrogens is 208 g/mol. The molecule has 1 aliphatic carbocycles. The topological polar surface area (TPSA) is 20.2 Å². The van der Waals surface area contributed by atoms with Gasteiger partial charge >= 0.3 is 0 Å². The number of fused-ring (bicyclic) bond motifs is 1. The second-order valence-electron chi connectivity index (χ2n) is 5.17. The first-order valence-corrected chi connectivity index (χ1v) is 6.41. The highest BCUT2D eigenvalue weighted by Gasteiger charge is 2.23. The van der Waals surface area contributed by atoms with Gasteiger partial charge in [-0.2, -0.15) is 0 Å². The third-order valence-electron chi connectivity index (χ3n) is 3.73. The summed E-state index contributed by atoms with van der Waals surface area (Å²) < 4.78 is 0. The second-order valence-corrected chi connectivity index (χ2v) is 5.17. The molecule has 2 rings (SSSR count). The first-order chi connectivity index (χ1) is 8.13. The van der Waals surface area contributed by atoms with E-state index < -0.39 is 5.60 Å². The average molecular weight is 228 g/mol. The molecule has 0 radical (unpaired) electrons. The molecule has 1 N–H and O–H groups in total. The molecule has 1 heteroatoms. The van der Waals surface area contributed by atoms with Gasteiger partial charge < -0.3 is 5.11 Å². The number of benzene rings is 1. The Morgan fingerprint density at radius 2 is 2.00 bits per heavy atom. The molecule has 1 aromatic carbocycles. The third-order valence-corrected chi connectivity index (χ3v) is 3.73. The number of hydrogen-bond acceptors (Lipinski definition) is 1. The van der Waals surface area contributed by atoms with Crippen molar-refractivity contribution < 1.29 is 5.11 Å². The molecule has 0 aromatic heterocycles. The average Bonchev–Trinajstić information content (AvgIpc) is 2.36. The van der Waals surface area contributed by atoms with E-state index in [-0.39, 0.29) is 0 Å². The summed E-state index contributed by atoms with van der Waals surface area (Å²) in [5.41, 5.74) is 3.08. The van der Waals surface area contributed by atoms with Crippen LogP contribution in [0.4, 0.5) is 0 Å². The van der Waals surface area contributed by atoms with Gasteiger partial charge in [-0.15, -0.1) is 12.3 Å². The Kier molecular flexibility index (Phi) is 3.54. The predicted molar refractivity (Wildman–Crippen MR) is 70.7 cm³/mol. The fourth-order valence-corrected chi connectivity index (χ4v) is 2.53. The summed E-state index contributed by atoms with van der Waals surface area (Å²) in [6.07, 6.45) is 11.4. The van der Waals surface area contributed by atoms with E-state index in [1.54, 1.807) is 0 Å². The van der Waals surface area contributed by atoms with Crippen molar-refractivity contribution in [3.05, 3.63) is 34.9 Å². The minimum Gasteiger partial charge on any atom is -0.385 e. The molecule has 0 aliphatic heterocycles. The Bertz CT molecular complexity index is 437. The number of aliphatic hydroxyl groups is 1. The molecule has 90 valence electrons. The van der Waals surface area contributed by atoms with E-state index in [9.17, 15) is 5.11 Å². The van der Waals surface area contributed by atoms with Crippen LogP contribution in [0.25, 0.3) is 0 Å². The highest BCUT2D eigenvalue weighted by molar-refractivity contribution is 5.36. The summed E-state index contributed by atoms with van der Waals surface area (Å²) >= 11 is 0. The van der Waals surface area contributed by atoms with Crippen molar-refractivity contribution in [2.24, 2.45) is 0 Å². The van der Waals surface area contributed by atoms with Gasteiger partial charge in [0.05, 0.1) is 5.60 Å². The zero-order chi connectivity index (χ0) is 12.3. The molecule has 17 heavy (non-hydrogen) atoms. The molecule has 1 aromatic rings. The van der Waals surface area contributed by atoms with Gasteiger partial charge in [0.1, 0.15) is 0 Å². The first-order valence-electron chi connectivity index (χ1n) is 6.41. The van der Waals surface area contributed by atoms with Crippen LogP contribution in [0.5, 0.6) is 0 Å². The molecule has 0 fully saturated rings. The fraction of sp³-hybridized carbons (Fsp3) is 0.500. The van der Waals surface area contributed by atoms with E-state index in [1.165, 1.54) is 30.4 Å². The molecule has 1 unspecified atom stereocenters. The lowest BCUT2D eigenvalue weighted by Crippen LogP contribution is -2.21. The lowest BCUT2D eigenvalue weighted by molar-refractivity contribution is 0.0493. The van der Waals surface area contributed by atoms with Crippen molar-refractivity contribution in [2.45, 2.75) is 51.0 Å². The van der Waals surface area contributed by atoms with Crippen molar-refractivity contribution in [1.29, 1.82) is 0 Å². The Balaban J connectivity index is 2.24. The predicted octanol–water partition coefficient (Wildman–Crippen LogP) is 3.19. The Morgan fingerprint density at radius 1 is 1.29 bits per heavy atom. The quantitative estimate of drug-likeness (QED) is 0.788.